The maximum absolute atomic E-state index is 13.1. The van der Waals surface area contributed by atoms with Crippen molar-refractivity contribution in [2.24, 2.45) is 0 Å². The van der Waals surface area contributed by atoms with Crippen molar-refractivity contribution in [3.8, 4) is 17.2 Å². The molecule has 3 heterocycles. The number of benzene rings is 4. The van der Waals surface area contributed by atoms with Crippen molar-refractivity contribution in [1.82, 2.24) is 15.0 Å². The van der Waals surface area contributed by atoms with Crippen LogP contribution in [0.2, 0.25) is 0 Å². The lowest BCUT2D eigenvalue weighted by Crippen LogP contribution is -2.38. The SMILES string of the molecule is COc1ccc(C(OC[C@H]2O[C@@H](c3c[nH]c4c(=O)[nH]c(NC(=O)COc5ccc(C(C)C)cc5)nc34)C[C@@H]2O)(c2ccccc2)c2ccc(OC)cc2)cc1. The Morgan fingerprint density at radius 2 is 1.49 bits per heavy atom. The van der Waals surface area contributed by atoms with Crippen LogP contribution in [0.1, 0.15) is 60.1 Å². The summed E-state index contributed by atoms with van der Waals surface area (Å²) in [6.45, 7) is 3.94. The lowest BCUT2D eigenvalue weighted by molar-refractivity contribution is -0.118. The van der Waals surface area contributed by atoms with Crippen LogP contribution in [0.15, 0.2) is 114 Å². The molecule has 0 radical (unpaired) electrons. The number of H-pyrrole nitrogens is 2. The number of aromatic nitrogens is 3. The fraction of sp³-hybridized carbons (Fsp3) is 0.279. The van der Waals surface area contributed by atoms with Crippen LogP contribution in [0.4, 0.5) is 5.95 Å². The normalized spacial score (nSPS) is 17.0. The molecule has 4 aromatic carbocycles. The first-order valence-corrected chi connectivity index (χ1v) is 18.1. The van der Waals surface area contributed by atoms with Gasteiger partial charge in [-0.05, 0) is 64.6 Å². The van der Waals surface area contributed by atoms with Crippen LogP contribution in [-0.4, -0.2) is 65.6 Å². The predicted octanol–water partition coefficient (Wildman–Crippen LogP) is 6.61. The first-order chi connectivity index (χ1) is 26.7. The summed E-state index contributed by atoms with van der Waals surface area (Å²) >= 11 is 0. The van der Waals surface area contributed by atoms with Gasteiger partial charge in [-0.25, -0.2) is 4.98 Å². The number of ether oxygens (including phenoxy) is 5. The Morgan fingerprint density at radius 3 is 2.09 bits per heavy atom. The molecular weight excluding hydrogens is 700 g/mol. The van der Waals surface area contributed by atoms with E-state index in [1.807, 2.05) is 103 Å². The Balaban J connectivity index is 1.12. The summed E-state index contributed by atoms with van der Waals surface area (Å²) in [4.78, 5) is 36.0. The smallest absolute Gasteiger partial charge is 0.276 e. The molecule has 1 aliphatic heterocycles. The third-order valence-electron chi connectivity index (χ3n) is 9.95. The molecule has 0 spiro atoms. The minimum Gasteiger partial charge on any atom is -0.497 e. The van der Waals surface area contributed by atoms with Crippen molar-refractivity contribution in [1.29, 1.82) is 0 Å². The Labute approximate surface area is 318 Å². The molecule has 6 aromatic rings. The Bertz CT molecular complexity index is 2220. The van der Waals surface area contributed by atoms with Crippen molar-refractivity contribution < 1.29 is 33.6 Å². The first kappa shape index (κ1) is 37.4. The van der Waals surface area contributed by atoms with Gasteiger partial charge in [-0.15, -0.1) is 0 Å². The van der Waals surface area contributed by atoms with Gasteiger partial charge in [0, 0.05) is 18.2 Å². The third-order valence-corrected chi connectivity index (χ3v) is 9.95. The molecule has 0 bridgehead atoms. The molecule has 1 aliphatic rings. The number of hydrogen-bond acceptors (Lipinski definition) is 9. The molecule has 284 valence electrons. The zero-order valence-corrected chi connectivity index (χ0v) is 31.1. The molecule has 12 heteroatoms. The molecule has 12 nitrogen and oxygen atoms in total. The molecule has 0 saturated carbocycles. The summed E-state index contributed by atoms with van der Waals surface area (Å²) in [6, 6.07) is 32.8. The fourth-order valence-electron chi connectivity index (χ4n) is 6.97. The van der Waals surface area contributed by atoms with Gasteiger partial charge < -0.3 is 33.8 Å². The molecule has 7 rings (SSSR count). The van der Waals surface area contributed by atoms with E-state index in [1.54, 1.807) is 20.4 Å². The summed E-state index contributed by atoms with van der Waals surface area (Å²) < 4.78 is 30.0. The minimum atomic E-state index is -1.11. The molecule has 3 atom stereocenters. The molecule has 1 fully saturated rings. The van der Waals surface area contributed by atoms with E-state index in [1.165, 1.54) is 0 Å². The first-order valence-electron chi connectivity index (χ1n) is 18.1. The van der Waals surface area contributed by atoms with Crippen LogP contribution in [0.3, 0.4) is 0 Å². The standard InChI is InChI=1S/C43H44N4O8/c1-26(2)27-10-16-33(17-11-27)53-25-38(49)45-42-46-39-34(23-44-40(39)41(50)47-42)36-22-35(48)37(55-36)24-54-43(28-8-6-5-7-9-28,29-12-18-31(51-3)19-13-29)30-14-20-32(52-4)21-15-30/h5-21,23,26,35-37,44,48H,22,24-25H2,1-4H3,(H2,45,46,47,49,50)/t35-,36+,37+/m0/s1. The average molecular weight is 745 g/mol. The minimum absolute atomic E-state index is 0.0164. The number of aromatic amines is 2. The average Bonchev–Trinajstić information content (AvgIpc) is 3.81. The van der Waals surface area contributed by atoms with Gasteiger partial charge in [0.15, 0.2) is 6.61 Å². The molecule has 55 heavy (non-hydrogen) atoms. The molecule has 4 N–H and O–H groups in total. The van der Waals surface area contributed by atoms with Gasteiger partial charge >= 0.3 is 0 Å². The number of carbonyl (C=O) groups is 1. The number of rotatable bonds is 14. The van der Waals surface area contributed by atoms with E-state index in [0.29, 0.717) is 34.2 Å². The van der Waals surface area contributed by atoms with E-state index in [0.717, 1.165) is 22.3 Å². The van der Waals surface area contributed by atoms with E-state index in [4.69, 9.17) is 23.7 Å². The van der Waals surface area contributed by atoms with Crippen LogP contribution < -0.4 is 25.1 Å². The summed E-state index contributed by atoms with van der Waals surface area (Å²) in [6.07, 6.45) is -0.387. The van der Waals surface area contributed by atoms with Gasteiger partial charge in [0.2, 0.25) is 5.95 Å². The number of carbonyl (C=O) groups excluding carboxylic acids is 1. The number of anilines is 1. The van der Waals surface area contributed by atoms with Crippen LogP contribution >= 0.6 is 0 Å². The molecule has 0 aliphatic carbocycles. The summed E-state index contributed by atoms with van der Waals surface area (Å²) in [5, 5.41) is 14.0. The molecule has 1 amide bonds. The fourth-order valence-corrected chi connectivity index (χ4v) is 6.97. The van der Waals surface area contributed by atoms with E-state index < -0.39 is 35.4 Å². The zero-order chi connectivity index (χ0) is 38.5. The van der Waals surface area contributed by atoms with Crippen molar-refractivity contribution >= 4 is 22.9 Å². The van der Waals surface area contributed by atoms with Crippen LogP contribution in [0.25, 0.3) is 11.0 Å². The quantitative estimate of drug-likeness (QED) is 0.0902. The molecular formula is C43H44N4O8. The van der Waals surface area contributed by atoms with E-state index in [-0.39, 0.29) is 31.1 Å². The highest BCUT2D eigenvalue weighted by Crippen LogP contribution is 2.43. The Morgan fingerprint density at radius 1 is 0.891 bits per heavy atom. The van der Waals surface area contributed by atoms with Gasteiger partial charge in [0.1, 0.15) is 40.0 Å². The van der Waals surface area contributed by atoms with Gasteiger partial charge in [-0.2, -0.15) is 0 Å². The topological polar surface area (TPSA) is 157 Å². The third kappa shape index (κ3) is 7.83. The Kier molecular flexibility index (Phi) is 11.0. The second-order valence-corrected chi connectivity index (χ2v) is 13.7. The van der Waals surface area contributed by atoms with Crippen molar-refractivity contribution in [3.63, 3.8) is 0 Å². The number of fused-ring (bicyclic) bond motifs is 1. The largest absolute Gasteiger partial charge is 0.497 e. The van der Waals surface area contributed by atoms with Crippen LogP contribution in [0.5, 0.6) is 17.2 Å². The highest BCUT2D eigenvalue weighted by atomic mass is 16.6. The van der Waals surface area contributed by atoms with E-state index in [2.05, 4.69) is 34.1 Å². The molecule has 0 unspecified atom stereocenters. The predicted molar refractivity (Wildman–Crippen MR) is 208 cm³/mol. The van der Waals surface area contributed by atoms with Crippen molar-refractivity contribution in [2.45, 2.75) is 50.1 Å². The lowest BCUT2D eigenvalue weighted by Gasteiger charge is -2.37. The van der Waals surface area contributed by atoms with Gasteiger partial charge in [-0.3, -0.25) is 19.9 Å². The Hall–Kier alpha value is -5.95. The maximum Gasteiger partial charge on any atom is 0.276 e. The summed E-state index contributed by atoms with van der Waals surface area (Å²) in [5.41, 5.74) is 3.25. The maximum atomic E-state index is 13.1. The monoisotopic (exact) mass is 744 g/mol. The second-order valence-electron chi connectivity index (χ2n) is 13.7. The van der Waals surface area contributed by atoms with Crippen molar-refractivity contribution in [3.05, 3.63) is 147 Å². The van der Waals surface area contributed by atoms with Gasteiger partial charge in [-0.1, -0.05) is 80.6 Å². The number of amides is 1. The van der Waals surface area contributed by atoms with Crippen molar-refractivity contribution in [2.75, 3.05) is 32.8 Å². The number of nitrogens with one attached hydrogen (secondary N) is 3. The molecule has 1 saturated heterocycles. The van der Waals surface area contributed by atoms with E-state index >= 15 is 0 Å². The number of aliphatic hydroxyl groups is 1. The zero-order valence-electron chi connectivity index (χ0n) is 31.1. The summed E-state index contributed by atoms with van der Waals surface area (Å²) in [5.74, 6) is 1.80. The van der Waals surface area contributed by atoms with Gasteiger partial charge in [0.05, 0.1) is 33.0 Å². The van der Waals surface area contributed by atoms with Crippen LogP contribution in [-0.2, 0) is 19.9 Å². The lowest BCUT2D eigenvalue weighted by atomic mass is 9.80. The number of methoxy groups -OCH3 is 2. The van der Waals surface area contributed by atoms with E-state index in [9.17, 15) is 14.7 Å². The second kappa shape index (κ2) is 16.2. The van der Waals surface area contributed by atoms with Crippen LogP contribution in [0, 0.1) is 0 Å². The number of hydrogen-bond donors (Lipinski definition) is 4. The number of nitrogens with zero attached hydrogens (tertiary/aromatic N) is 1. The molecule has 2 aromatic heterocycles. The highest BCUT2D eigenvalue weighted by Gasteiger charge is 2.42. The summed E-state index contributed by atoms with van der Waals surface area (Å²) in [7, 11) is 3.24. The highest BCUT2D eigenvalue weighted by molar-refractivity contribution is 5.91. The number of aliphatic hydroxyl groups excluding tert-OH is 1. The van der Waals surface area contributed by atoms with Gasteiger partial charge in [0.25, 0.3) is 11.5 Å².